The highest BCUT2D eigenvalue weighted by Gasteiger charge is 2.63. The van der Waals surface area contributed by atoms with E-state index in [0.717, 1.165) is 72.8 Å². The van der Waals surface area contributed by atoms with E-state index >= 15 is 0 Å². The SMILES string of the molecule is Fc1ccc(OP2(Oc3ccc(F)cc3)=N[P+](Oc3ccc(F)cc3)(Oc3ccc(F)cc3)N=P(Oc3ccc(F)cc3)(Oc3ccc(F)cc3)N2)cc1. The van der Waals surface area contributed by atoms with E-state index < -0.39 is 58.2 Å². The van der Waals surface area contributed by atoms with Crippen molar-refractivity contribution in [2.75, 3.05) is 0 Å². The first-order valence-corrected chi connectivity index (χ1v) is 20.3. The standard InChI is InChI=1S/C36H25F6N3O6P3/c37-25-1-13-31(14-2-25)46-52(47-32-15-3-26(38)4-16-32)43-53(48-33-17-5-27(39)6-18-33,49-34-19-7-28(40)8-20-34)45-54(44-52,50-35-21-9-29(41)10-22-35)51-36-23-11-30(42)12-24-36/h1-24,43H/q+1. The Labute approximate surface area is 305 Å². The Bertz CT molecular complexity index is 2070. The fraction of sp³-hybridized carbons (Fsp3) is 0. The molecule has 0 saturated heterocycles. The summed E-state index contributed by atoms with van der Waals surface area (Å²) in [4.78, 5) is 3.05. The molecule has 1 heterocycles. The van der Waals surface area contributed by atoms with Crippen molar-refractivity contribution < 1.29 is 53.5 Å². The maximum Gasteiger partial charge on any atom is 0.634 e. The molecule has 1 aliphatic rings. The van der Waals surface area contributed by atoms with Gasteiger partial charge < -0.3 is 18.1 Å². The van der Waals surface area contributed by atoms with Gasteiger partial charge >= 0.3 is 23.3 Å². The summed E-state index contributed by atoms with van der Waals surface area (Å²) in [5.41, 5.74) is 0. The Morgan fingerprint density at radius 2 is 0.537 bits per heavy atom. The highest BCUT2D eigenvalue weighted by Crippen LogP contribution is 2.80. The van der Waals surface area contributed by atoms with Crippen LogP contribution in [0.3, 0.4) is 0 Å². The average molecular weight is 803 g/mol. The minimum Gasteiger partial charge on any atom is -0.417 e. The van der Waals surface area contributed by atoms with Crippen LogP contribution >= 0.6 is 23.3 Å². The molecule has 6 aromatic carbocycles. The first-order chi connectivity index (χ1) is 26.0. The summed E-state index contributed by atoms with van der Waals surface area (Å²) < 4.78 is 133. The van der Waals surface area contributed by atoms with Crippen molar-refractivity contribution in [3.63, 3.8) is 0 Å². The predicted molar refractivity (Wildman–Crippen MR) is 191 cm³/mol. The lowest BCUT2D eigenvalue weighted by molar-refractivity contribution is 0.423. The second-order valence-corrected chi connectivity index (χ2v) is 17.5. The van der Waals surface area contributed by atoms with E-state index in [-0.39, 0.29) is 34.5 Å². The third-order valence-corrected chi connectivity index (χ3v) is 15.4. The van der Waals surface area contributed by atoms with E-state index in [1.807, 2.05) is 0 Å². The molecule has 54 heavy (non-hydrogen) atoms. The minimum absolute atomic E-state index is 0.00618. The van der Waals surface area contributed by atoms with E-state index in [1.165, 1.54) is 72.8 Å². The maximum atomic E-state index is 14.1. The van der Waals surface area contributed by atoms with Crippen LogP contribution < -0.4 is 32.0 Å². The van der Waals surface area contributed by atoms with Gasteiger partial charge in [-0.05, 0) is 146 Å². The zero-order valence-electron chi connectivity index (χ0n) is 27.3. The molecule has 9 nitrogen and oxygen atoms in total. The quantitative estimate of drug-likeness (QED) is 0.0973. The molecule has 0 unspecified atom stereocenters. The molecule has 7 rings (SSSR count). The summed E-state index contributed by atoms with van der Waals surface area (Å²) in [7, 11) is -13.2. The molecule has 1 aliphatic heterocycles. The van der Waals surface area contributed by atoms with E-state index in [2.05, 4.69) is 4.86 Å². The molecule has 6 aromatic rings. The maximum absolute atomic E-state index is 14.1. The Morgan fingerprint density at radius 1 is 0.333 bits per heavy atom. The molecule has 0 atom stereocenters. The third kappa shape index (κ3) is 9.18. The van der Waals surface area contributed by atoms with E-state index in [0.29, 0.717) is 0 Å². The second-order valence-electron chi connectivity index (χ2n) is 11.1. The van der Waals surface area contributed by atoms with Crippen LogP contribution in [0.15, 0.2) is 155 Å². The molecular formula is C36H25F6N3O6P3+. The summed E-state index contributed by atoms with van der Waals surface area (Å²) in [6, 6.07) is 28.5. The molecule has 1 N–H and O–H groups in total. The predicted octanol–water partition coefficient (Wildman–Crippen LogP) is 12.5. The molecule has 0 fully saturated rings. The van der Waals surface area contributed by atoms with Crippen molar-refractivity contribution in [3.8, 4) is 34.5 Å². The minimum atomic E-state index is -4.45. The molecule has 0 saturated carbocycles. The van der Waals surface area contributed by atoms with Crippen LogP contribution in [-0.4, -0.2) is 0 Å². The lowest BCUT2D eigenvalue weighted by Crippen LogP contribution is -2.26. The van der Waals surface area contributed by atoms with Crippen LogP contribution in [-0.2, 0) is 0 Å². The van der Waals surface area contributed by atoms with E-state index in [4.69, 9.17) is 36.2 Å². The highest BCUT2D eigenvalue weighted by atomic mass is 31.3. The van der Waals surface area contributed by atoms with Gasteiger partial charge in [-0.25, -0.2) is 26.3 Å². The van der Waals surface area contributed by atoms with Crippen LogP contribution in [0.25, 0.3) is 0 Å². The highest BCUT2D eigenvalue weighted by molar-refractivity contribution is 7.84. The number of hydrogen-bond donors (Lipinski definition) is 1. The Balaban J connectivity index is 1.53. The van der Waals surface area contributed by atoms with Crippen molar-refractivity contribution in [1.29, 1.82) is 0 Å². The van der Waals surface area contributed by atoms with E-state index in [1.54, 1.807) is 0 Å². The van der Waals surface area contributed by atoms with Crippen molar-refractivity contribution >= 4 is 23.3 Å². The Morgan fingerprint density at radius 3 is 0.759 bits per heavy atom. The summed E-state index contributed by atoms with van der Waals surface area (Å²) in [5.74, 6) is -3.66. The Hall–Kier alpha value is -5.45. The van der Waals surface area contributed by atoms with Crippen molar-refractivity contribution in [3.05, 3.63) is 180 Å². The van der Waals surface area contributed by atoms with Gasteiger partial charge in [0, 0.05) is 0 Å². The molecule has 0 amide bonds. The third-order valence-electron chi connectivity index (χ3n) is 6.96. The van der Waals surface area contributed by atoms with Crippen LogP contribution in [0.5, 0.6) is 34.5 Å². The number of benzene rings is 6. The lowest BCUT2D eigenvalue weighted by Gasteiger charge is -2.34. The molecule has 0 aromatic heterocycles. The van der Waals surface area contributed by atoms with Gasteiger partial charge in [-0.15, -0.1) is 4.86 Å². The van der Waals surface area contributed by atoms with Gasteiger partial charge in [-0.3, -0.25) is 9.05 Å². The lowest BCUT2D eigenvalue weighted by atomic mass is 10.3. The van der Waals surface area contributed by atoms with Crippen LogP contribution in [0.1, 0.15) is 0 Å². The van der Waals surface area contributed by atoms with Crippen LogP contribution in [0, 0.1) is 34.9 Å². The molecule has 0 spiro atoms. The number of hydrogen-bond acceptors (Lipinski definition) is 9. The Kier molecular flexibility index (Phi) is 10.6. The summed E-state index contributed by atoms with van der Waals surface area (Å²) in [6.07, 6.45) is 0. The number of nitrogens with zero attached hydrogens (tertiary/aromatic N) is 2. The molecular weight excluding hydrogens is 777 g/mol. The molecule has 0 radical (unpaired) electrons. The first kappa shape index (κ1) is 36.9. The van der Waals surface area contributed by atoms with Gasteiger partial charge in [0.05, 0.1) is 9.03 Å². The van der Waals surface area contributed by atoms with Crippen molar-refractivity contribution in [1.82, 2.24) is 4.86 Å². The van der Waals surface area contributed by atoms with Gasteiger partial charge in [-0.2, -0.15) is 0 Å². The van der Waals surface area contributed by atoms with Crippen molar-refractivity contribution in [2.24, 2.45) is 9.03 Å². The van der Waals surface area contributed by atoms with Crippen LogP contribution in [0.4, 0.5) is 26.3 Å². The second kappa shape index (κ2) is 15.5. The van der Waals surface area contributed by atoms with Gasteiger partial charge in [0.1, 0.15) is 57.9 Å². The van der Waals surface area contributed by atoms with Crippen LogP contribution in [0.2, 0.25) is 0 Å². The number of halogens is 6. The first-order valence-electron chi connectivity index (χ1n) is 15.6. The normalized spacial score (nSPS) is 15.1. The smallest absolute Gasteiger partial charge is 0.417 e. The topological polar surface area (TPSA) is 92.1 Å². The fourth-order valence-electron chi connectivity index (χ4n) is 4.62. The molecule has 18 heteroatoms. The molecule has 0 aliphatic carbocycles. The van der Waals surface area contributed by atoms with E-state index in [9.17, 15) is 26.3 Å². The fourth-order valence-corrected chi connectivity index (χ4v) is 14.1. The largest absolute Gasteiger partial charge is 0.634 e. The van der Waals surface area contributed by atoms with Gasteiger partial charge in [0.15, 0.2) is 11.5 Å². The summed E-state index contributed by atoms with van der Waals surface area (Å²) >= 11 is 0. The zero-order valence-corrected chi connectivity index (χ0v) is 30.0. The monoisotopic (exact) mass is 802 g/mol. The van der Waals surface area contributed by atoms with Gasteiger partial charge in [0.2, 0.25) is 0 Å². The molecule has 0 bridgehead atoms. The summed E-state index contributed by atoms with van der Waals surface area (Å²) in [5, 5.41) is 0. The number of nitrogens with one attached hydrogen (secondary N) is 1. The van der Waals surface area contributed by atoms with Crippen molar-refractivity contribution in [2.45, 2.75) is 0 Å². The van der Waals surface area contributed by atoms with Gasteiger partial charge in [-0.1, -0.05) is 0 Å². The average Bonchev–Trinajstić information content (AvgIpc) is 3.14. The molecule has 276 valence electrons. The summed E-state index contributed by atoms with van der Waals surface area (Å²) in [6.45, 7) is 0. The number of rotatable bonds is 12. The van der Waals surface area contributed by atoms with Gasteiger partial charge in [0.25, 0.3) is 0 Å². The zero-order chi connectivity index (χ0) is 37.8.